The fraction of sp³-hybridized carbons (Fsp3) is 0.273. The standard InChI is InChI=1S/C33H27ClF4N4O5/c1-33(2)15-46-14-27(33)42-25-8-17(32(43)44)7-23(38)30(25)41-29(42)9-16-6-22(37)19(10-21(16)36)24-5-4-20(35)31(40-24)47-13-18-12-39-28(34)11-26(18)45-3/h4-8,10-12,27H,9,13-15H2,1-3H3,(H,43,44)/t27-/m1/s1. The highest BCUT2D eigenvalue weighted by Crippen LogP contribution is 2.41. The zero-order valence-corrected chi connectivity index (χ0v) is 26.0. The molecule has 0 unspecified atom stereocenters. The van der Waals surface area contributed by atoms with Crippen molar-refractivity contribution >= 4 is 28.6 Å². The van der Waals surface area contributed by atoms with Gasteiger partial charge >= 0.3 is 5.97 Å². The summed E-state index contributed by atoms with van der Waals surface area (Å²) in [6.45, 7) is 4.26. The molecule has 0 bridgehead atoms. The topological polar surface area (TPSA) is 109 Å². The van der Waals surface area contributed by atoms with E-state index in [9.17, 15) is 14.3 Å². The zero-order valence-electron chi connectivity index (χ0n) is 25.3. The van der Waals surface area contributed by atoms with Crippen molar-refractivity contribution < 1.29 is 41.7 Å². The lowest BCUT2D eigenvalue weighted by molar-refractivity contribution is 0.0696. The fourth-order valence-corrected chi connectivity index (χ4v) is 5.77. The van der Waals surface area contributed by atoms with Crippen LogP contribution in [0.25, 0.3) is 22.3 Å². The van der Waals surface area contributed by atoms with Crippen molar-refractivity contribution in [3.05, 3.63) is 99.6 Å². The van der Waals surface area contributed by atoms with Crippen LogP contribution in [0.15, 0.2) is 48.7 Å². The van der Waals surface area contributed by atoms with E-state index in [-0.39, 0.29) is 64.0 Å². The van der Waals surface area contributed by atoms with Crippen LogP contribution in [0.2, 0.25) is 5.15 Å². The smallest absolute Gasteiger partial charge is 0.335 e. The molecule has 9 nitrogen and oxygen atoms in total. The Morgan fingerprint density at radius 3 is 2.53 bits per heavy atom. The van der Waals surface area contributed by atoms with Crippen molar-refractivity contribution in [1.82, 2.24) is 19.5 Å². The van der Waals surface area contributed by atoms with Gasteiger partial charge in [0.2, 0.25) is 0 Å². The highest BCUT2D eigenvalue weighted by atomic mass is 35.5. The Morgan fingerprint density at radius 1 is 1.04 bits per heavy atom. The zero-order chi connectivity index (χ0) is 33.6. The molecule has 1 saturated heterocycles. The highest BCUT2D eigenvalue weighted by Gasteiger charge is 2.39. The number of aromatic nitrogens is 4. The number of rotatable bonds is 9. The Morgan fingerprint density at radius 2 is 1.83 bits per heavy atom. The lowest BCUT2D eigenvalue weighted by Crippen LogP contribution is -2.27. The first-order chi connectivity index (χ1) is 22.4. The van der Waals surface area contributed by atoms with Crippen LogP contribution in [0, 0.1) is 28.7 Å². The van der Waals surface area contributed by atoms with E-state index < -0.39 is 46.6 Å². The van der Waals surface area contributed by atoms with E-state index in [2.05, 4.69) is 15.0 Å². The third-order valence-corrected chi connectivity index (χ3v) is 8.31. The van der Waals surface area contributed by atoms with E-state index in [1.165, 1.54) is 31.5 Å². The second-order valence-corrected chi connectivity index (χ2v) is 12.1. The van der Waals surface area contributed by atoms with Crippen LogP contribution < -0.4 is 9.47 Å². The van der Waals surface area contributed by atoms with Gasteiger partial charge in [-0.25, -0.2) is 37.3 Å². The normalized spacial score (nSPS) is 15.7. The molecule has 3 aromatic heterocycles. The summed E-state index contributed by atoms with van der Waals surface area (Å²) < 4.78 is 79.2. The monoisotopic (exact) mass is 670 g/mol. The summed E-state index contributed by atoms with van der Waals surface area (Å²) in [6.07, 6.45) is 1.14. The van der Waals surface area contributed by atoms with Crippen molar-refractivity contribution in [2.45, 2.75) is 32.9 Å². The van der Waals surface area contributed by atoms with Gasteiger partial charge in [-0.3, -0.25) is 0 Å². The van der Waals surface area contributed by atoms with E-state index in [1.807, 2.05) is 13.8 Å². The molecule has 1 aliphatic heterocycles. The van der Waals surface area contributed by atoms with Crippen LogP contribution in [0.3, 0.4) is 0 Å². The Labute approximate surface area is 270 Å². The second kappa shape index (κ2) is 12.5. The van der Waals surface area contributed by atoms with Gasteiger partial charge in [0, 0.05) is 35.2 Å². The molecule has 47 heavy (non-hydrogen) atoms. The van der Waals surface area contributed by atoms with Gasteiger partial charge in [-0.2, -0.15) is 0 Å². The third kappa shape index (κ3) is 6.20. The summed E-state index contributed by atoms with van der Waals surface area (Å²) in [5.41, 5.74) is -0.630. The predicted molar refractivity (Wildman–Crippen MR) is 163 cm³/mol. The number of aromatic carboxylic acids is 1. The van der Waals surface area contributed by atoms with Crippen LogP contribution in [0.5, 0.6) is 11.6 Å². The van der Waals surface area contributed by atoms with Crippen molar-refractivity contribution in [3.63, 3.8) is 0 Å². The second-order valence-electron chi connectivity index (χ2n) is 11.7. The molecule has 14 heteroatoms. The molecule has 0 spiro atoms. The first kappa shape index (κ1) is 32.2. The fourth-order valence-electron chi connectivity index (χ4n) is 5.63. The van der Waals surface area contributed by atoms with E-state index in [1.54, 1.807) is 4.57 Å². The molecule has 5 aromatic rings. The Hall–Kier alpha value is -4.75. The predicted octanol–water partition coefficient (Wildman–Crippen LogP) is 7.18. The number of hydrogen-bond donors (Lipinski definition) is 1. The molecule has 2 aromatic carbocycles. The minimum Gasteiger partial charge on any atom is -0.496 e. The molecule has 0 amide bonds. The molecule has 4 heterocycles. The Kier molecular flexibility index (Phi) is 8.53. The SMILES string of the molecule is COc1cc(Cl)ncc1COc1nc(-c2cc(F)c(Cc3nc4c(F)cc(C(=O)O)cc4n3[C@@H]3COCC3(C)C)cc2F)ccc1F. The van der Waals surface area contributed by atoms with Crippen LogP contribution in [-0.2, 0) is 17.8 Å². The lowest BCUT2D eigenvalue weighted by Gasteiger charge is -2.28. The number of carboxylic acids is 1. The minimum absolute atomic E-state index is 0.0918. The van der Waals surface area contributed by atoms with Gasteiger partial charge in [0.05, 0.1) is 43.1 Å². The summed E-state index contributed by atoms with van der Waals surface area (Å²) in [5.74, 6) is -4.60. The summed E-state index contributed by atoms with van der Waals surface area (Å²) >= 11 is 5.89. The number of carbonyl (C=O) groups is 1. The largest absolute Gasteiger partial charge is 0.496 e. The van der Waals surface area contributed by atoms with Gasteiger partial charge in [0.25, 0.3) is 5.88 Å². The van der Waals surface area contributed by atoms with E-state index in [0.29, 0.717) is 17.9 Å². The molecular formula is C33H27ClF4N4O5. The van der Waals surface area contributed by atoms with Gasteiger partial charge in [-0.1, -0.05) is 25.4 Å². The molecule has 6 rings (SSSR count). The van der Waals surface area contributed by atoms with E-state index in [4.69, 9.17) is 25.8 Å². The third-order valence-electron chi connectivity index (χ3n) is 8.10. The van der Waals surface area contributed by atoms with Crippen molar-refractivity contribution in [2.24, 2.45) is 5.41 Å². The maximum absolute atomic E-state index is 15.7. The molecule has 1 fully saturated rings. The molecule has 1 aliphatic rings. The summed E-state index contributed by atoms with van der Waals surface area (Å²) in [7, 11) is 1.42. The molecule has 1 atom stereocenters. The van der Waals surface area contributed by atoms with Gasteiger partial charge in [0.1, 0.15) is 40.5 Å². The van der Waals surface area contributed by atoms with Gasteiger partial charge < -0.3 is 23.9 Å². The molecule has 0 saturated carbocycles. The number of halogens is 5. The number of ether oxygens (including phenoxy) is 3. The number of fused-ring (bicyclic) bond motifs is 1. The van der Waals surface area contributed by atoms with Gasteiger partial charge in [-0.05, 0) is 42.0 Å². The molecule has 1 N–H and O–H groups in total. The van der Waals surface area contributed by atoms with Crippen molar-refractivity contribution in [3.8, 4) is 22.9 Å². The van der Waals surface area contributed by atoms with Gasteiger partial charge in [-0.15, -0.1) is 0 Å². The molecule has 0 aliphatic carbocycles. The lowest BCUT2D eigenvalue weighted by atomic mass is 9.87. The number of benzene rings is 2. The quantitative estimate of drug-likeness (QED) is 0.130. The summed E-state index contributed by atoms with van der Waals surface area (Å²) in [6, 6.07) is 7.35. The Bertz CT molecular complexity index is 2040. The van der Waals surface area contributed by atoms with Crippen LogP contribution in [-0.4, -0.2) is 50.9 Å². The summed E-state index contributed by atoms with van der Waals surface area (Å²) in [4.78, 5) is 24.2. The van der Waals surface area contributed by atoms with Crippen LogP contribution in [0.4, 0.5) is 17.6 Å². The van der Waals surface area contributed by atoms with Gasteiger partial charge in [0.15, 0.2) is 11.6 Å². The highest BCUT2D eigenvalue weighted by molar-refractivity contribution is 6.29. The molecule has 0 radical (unpaired) electrons. The maximum Gasteiger partial charge on any atom is 0.335 e. The van der Waals surface area contributed by atoms with Crippen LogP contribution >= 0.6 is 11.6 Å². The van der Waals surface area contributed by atoms with E-state index >= 15 is 13.2 Å². The first-order valence-electron chi connectivity index (χ1n) is 14.3. The number of imidazole rings is 1. The number of hydrogen-bond acceptors (Lipinski definition) is 7. The Balaban J connectivity index is 1.34. The number of carboxylic acid groups (broad SMARTS) is 1. The number of methoxy groups -OCH3 is 1. The number of nitrogens with zero attached hydrogens (tertiary/aromatic N) is 4. The van der Waals surface area contributed by atoms with Crippen molar-refractivity contribution in [1.29, 1.82) is 0 Å². The molecule has 244 valence electrons. The number of pyridine rings is 2. The first-order valence-corrected chi connectivity index (χ1v) is 14.7. The average molecular weight is 671 g/mol. The van der Waals surface area contributed by atoms with E-state index in [0.717, 1.165) is 24.3 Å². The average Bonchev–Trinajstić information content (AvgIpc) is 3.56. The summed E-state index contributed by atoms with van der Waals surface area (Å²) in [5, 5.41) is 9.73. The molecular weight excluding hydrogens is 644 g/mol. The van der Waals surface area contributed by atoms with Crippen LogP contribution in [0.1, 0.15) is 47.2 Å². The van der Waals surface area contributed by atoms with Crippen molar-refractivity contribution in [2.75, 3.05) is 20.3 Å². The minimum atomic E-state index is -1.32. The maximum atomic E-state index is 15.7.